The number of ether oxygens (including phenoxy) is 2. The highest BCUT2D eigenvalue weighted by Gasteiger charge is 2.29. The number of nitrogens with one attached hydrogen (secondary N) is 1. The molecule has 1 rings (SSSR count). The number of amides is 2. The zero-order valence-electron chi connectivity index (χ0n) is 12.3. The second kappa shape index (κ2) is 8.46. The largest absolute Gasteiger partial charge is 0.481 e. The number of rotatable bonds is 6. The molecule has 0 aromatic heterocycles. The first-order chi connectivity index (χ1) is 9.97. The van der Waals surface area contributed by atoms with Gasteiger partial charge in [-0.1, -0.05) is 0 Å². The molecule has 1 aliphatic heterocycles. The fourth-order valence-corrected chi connectivity index (χ4v) is 2.27. The molecule has 0 bridgehead atoms. The van der Waals surface area contributed by atoms with Crippen LogP contribution >= 0.6 is 0 Å². The zero-order chi connectivity index (χ0) is 15.8. The first kappa shape index (κ1) is 17.2. The number of likely N-dealkylation sites (tertiary alicyclic amines) is 1. The molecule has 8 nitrogen and oxygen atoms in total. The van der Waals surface area contributed by atoms with E-state index in [4.69, 9.17) is 14.6 Å². The highest BCUT2D eigenvalue weighted by molar-refractivity contribution is 5.77. The van der Waals surface area contributed by atoms with Gasteiger partial charge in [-0.2, -0.15) is 0 Å². The Morgan fingerprint density at radius 1 is 1.38 bits per heavy atom. The van der Waals surface area contributed by atoms with Gasteiger partial charge in [0.05, 0.1) is 25.6 Å². The molecule has 1 aliphatic rings. The number of carbonyl (C=O) groups is 3. The number of piperidine rings is 1. The lowest BCUT2D eigenvalue weighted by Crippen LogP contribution is -2.49. The molecule has 120 valence electrons. The summed E-state index contributed by atoms with van der Waals surface area (Å²) in [7, 11) is 2.73. The monoisotopic (exact) mass is 302 g/mol. The Kier molecular flexibility index (Phi) is 6.93. The molecule has 0 saturated carbocycles. The van der Waals surface area contributed by atoms with E-state index in [0.29, 0.717) is 19.5 Å². The topological polar surface area (TPSA) is 105 Å². The molecule has 1 heterocycles. The van der Waals surface area contributed by atoms with Crippen molar-refractivity contribution in [2.24, 2.45) is 5.92 Å². The summed E-state index contributed by atoms with van der Waals surface area (Å²) in [6.45, 7) is 0.992. The molecule has 0 aliphatic carbocycles. The van der Waals surface area contributed by atoms with Crippen LogP contribution in [0.4, 0.5) is 4.79 Å². The van der Waals surface area contributed by atoms with Crippen molar-refractivity contribution in [1.82, 2.24) is 10.2 Å². The number of carboxylic acid groups (broad SMARTS) is 1. The Balaban J connectivity index is 2.43. The maximum absolute atomic E-state index is 12.0. The number of methoxy groups -OCH3 is 2. The number of hydrogen-bond donors (Lipinski definition) is 2. The molecule has 2 N–H and O–H groups in total. The van der Waals surface area contributed by atoms with E-state index in [1.165, 1.54) is 14.2 Å². The Morgan fingerprint density at radius 3 is 2.67 bits per heavy atom. The van der Waals surface area contributed by atoms with Crippen LogP contribution in [-0.2, 0) is 19.1 Å². The van der Waals surface area contributed by atoms with E-state index in [-0.39, 0.29) is 30.9 Å². The molecule has 2 atom stereocenters. The normalized spacial score (nSPS) is 19.7. The minimum atomic E-state index is -0.986. The fourth-order valence-electron chi connectivity index (χ4n) is 2.27. The van der Waals surface area contributed by atoms with Gasteiger partial charge < -0.3 is 24.8 Å². The van der Waals surface area contributed by atoms with Crippen molar-refractivity contribution >= 4 is 18.0 Å². The number of urea groups is 1. The van der Waals surface area contributed by atoms with E-state index in [0.717, 1.165) is 6.42 Å². The lowest BCUT2D eigenvalue weighted by Gasteiger charge is -2.31. The fraction of sp³-hybridized carbons (Fsp3) is 0.769. The SMILES string of the molecule is COC(=O)C1CCCN(C(=O)NCC(CC(=O)O)OC)C1. The number of esters is 1. The van der Waals surface area contributed by atoms with Crippen LogP contribution in [0.3, 0.4) is 0 Å². The minimum absolute atomic E-state index is 0.112. The van der Waals surface area contributed by atoms with Crippen molar-refractivity contribution in [3.05, 3.63) is 0 Å². The van der Waals surface area contributed by atoms with Crippen LogP contribution in [-0.4, -0.2) is 67.9 Å². The van der Waals surface area contributed by atoms with Crippen LogP contribution in [0.15, 0.2) is 0 Å². The van der Waals surface area contributed by atoms with Crippen LogP contribution < -0.4 is 5.32 Å². The van der Waals surface area contributed by atoms with Crippen LogP contribution in [0, 0.1) is 5.92 Å². The van der Waals surface area contributed by atoms with Crippen molar-refractivity contribution in [3.63, 3.8) is 0 Å². The second-order valence-corrected chi connectivity index (χ2v) is 4.95. The third-order valence-electron chi connectivity index (χ3n) is 3.46. The van der Waals surface area contributed by atoms with Crippen molar-refractivity contribution in [1.29, 1.82) is 0 Å². The van der Waals surface area contributed by atoms with Gasteiger partial charge in [-0.3, -0.25) is 9.59 Å². The average molecular weight is 302 g/mol. The smallest absolute Gasteiger partial charge is 0.317 e. The highest BCUT2D eigenvalue weighted by atomic mass is 16.5. The van der Waals surface area contributed by atoms with Crippen molar-refractivity contribution in [2.45, 2.75) is 25.4 Å². The predicted molar refractivity (Wildman–Crippen MR) is 72.8 cm³/mol. The molecular weight excluding hydrogens is 280 g/mol. The van der Waals surface area contributed by atoms with E-state index in [1.807, 2.05) is 0 Å². The van der Waals surface area contributed by atoms with E-state index < -0.39 is 12.1 Å². The van der Waals surface area contributed by atoms with Gasteiger partial charge in [0.25, 0.3) is 0 Å². The van der Waals surface area contributed by atoms with Crippen LogP contribution in [0.1, 0.15) is 19.3 Å². The molecule has 0 radical (unpaired) electrons. The average Bonchev–Trinajstić information content (AvgIpc) is 2.49. The third-order valence-corrected chi connectivity index (χ3v) is 3.46. The number of hydrogen-bond acceptors (Lipinski definition) is 5. The van der Waals surface area contributed by atoms with Gasteiger partial charge in [0.1, 0.15) is 0 Å². The predicted octanol–water partition coefficient (Wildman–Crippen LogP) is 0.0707. The number of nitrogens with zero attached hydrogens (tertiary/aromatic N) is 1. The Morgan fingerprint density at radius 2 is 2.10 bits per heavy atom. The van der Waals surface area contributed by atoms with Crippen LogP contribution in [0.25, 0.3) is 0 Å². The summed E-state index contributed by atoms with van der Waals surface area (Å²) >= 11 is 0. The number of carboxylic acids is 1. The Labute approximate surface area is 123 Å². The van der Waals surface area contributed by atoms with Gasteiger partial charge in [-0.15, -0.1) is 0 Å². The molecule has 2 amide bonds. The minimum Gasteiger partial charge on any atom is -0.481 e. The first-order valence-electron chi connectivity index (χ1n) is 6.83. The Hall–Kier alpha value is -1.83. The van der Waals surface area contributed by atoms with Gasteiger partial charge in [-0.05, 0) is 12.8 Å². The summed E-state index contributed by atoms with van der Waals surface area (Å²) in [5.74, 6) is -1.60. The lowest BCUT2D eigenvalue weighted by atomic mass is 9.98. The molecule has 8 heteroatoms. The summed E-state index contributed by atoms with van der Waals surface area (Å²) in [5, 5.41) is 11.3. The maximum atomic E-state index is 12.0. The summed E-state index contributed by atoms with van der Waals surface area (Å²) in [6.07, 6.45) is 0.681. The molecular formula is C13H22N2O6. The van der Waals surface area contributed by atoms with Gasteiger partial charge in [0.2, 0.25) is 0 Å². The molecule has 1 fully saturated rings. The quantitative estimate of drug-likeness (QED) is 0.673. The van der Waals surface area contributed by atoms with Gasteiger partial charge in [0.15, 0.2) is 0 Å². The third kappa shape index (κ3) is 5.58. The van der Waals surface area contributed by atoms with Crippen molar-refractivity contribution < 1.29 is 29.0 Å². The standard InChI is InChI=1S/C13H22N2O6/c1-20-10(6-11(16)17)7-14-13(19)15-5-3-4-9(8-15)12(18)21-2/h9-10H,3-8H2,1-2H3,(H,14,19)(H,16,17). The summed E-state index contributed by atoms with van der Waals surface area (Å²) in [5.41, 5.74) is 0. The molecule has 0 aromatic carbocycles. The van der Waals surface area contributed by atoms with Crippen LogP contribution in [0.5, 0.6) is 0 Å². The molecule has 1 saturated heterocycles. The van der Waals surface area contributed by atoms with Gasteiger partial charge in [0, 0.05) is 26.7 Å². The van der Waals surface area contributed by atoms with E-state index in [9.17, 15) is 14.4 Å². The first-order valence-corrected chi connectivity index (χ1v) is 6.83. The van der Waals surface area contributed by atoms with Crippen molar-refractivity contribution in [3.8, 4) is 0 Å². The molecule has 2 unspecified atom stereocenters. The van der Waals surface area contributed by atoms with E-state index >= 15 is 0 Å². The molecule has 21 heavy (non-hydrogen) atoms. The molecule has 0 spiro atoms. The number of aliphatic carboxylic acids is 1. The summed E-state index contributed by atoms with van der Waals surface area (Å²) < 4.78 is 9.68. The number of carbonyl (C=O) groups excluding carboxylic acids is 2. The highest BCUT2D eigenvalue weighted by Crippen LogP contribution is 2.17. The summed E-state index contributed by atoms with van der Waals surface area (Å²) in [6, 6.07) is -0.323. The zero-order valence-corrected chi connectivity index (χ0v) is 12.3. The van der Waals surface area contributed by atoms with Gasteiger partial charge >= 0.3 is 18.0 Å². The Bertz CT molecular complexity index is 387. The van der Waals surface area contributed by atoms with Crippen LogP contribution in [0.2, 0.25) is 0 Å². The van der Waals surface area contributed by atoms with E-state index in [1.54, 1.807) is 4.90 Å². The maximum Gasteiger partial charge on any atom is 0.317 e. The van der Waals surface area contributed by atoms with E-state index in [2.05, 4.69) is 5.32 Å². The molecule has 0 aromatic rings. The van der Waals surface area contributed by atoms with Crippen molar-refractivity contribution in [2.75, 3.05) is 33.9 Å². The summed E-state index contributed by atoms with van der Waals surface area (Å²) in [4.78, 5) is 35.7. The second-order valence-electron chi connectivity index (χ2n) is 4.95. The lowest BCUT2D eigenvalue weighted by molar-refractivity contribution is -0.147. The van der Waals surface area contributed by atoms with Gasteiger partial charge in [-0.25, -0.2) is 4.79 Å².